The maximum Gasteiger partial charge on any atom is 0.167 e. The van der Waals surface area contributed by atoms with E-state index in [0.717, 1.165) is 18.1 Å². The number of rotatable bonds is 4. The van der Waals surface area contributed by atoms with Gasteiger partial charge in [0.1, 0.15) is 5.82 Å². The van der Waals surface area contributed by atoms with Crippen LogP contribution in [0.3, 0.4) is 0 Å². The third-order valence-electron chi connectivity index (χ3n) is 3.89. The molecule has 0 amide bonds. The smallest absolute Gasteiger partial charge is 0.167 e. The van der Waals surface area contributed by atoms with Crippen molar-refractivity contribution in [2.75, 3.05) is 0 Å². The minimum Gasteiger partial charge on any atom is -0.321 e. The van der Waals surface area contributed by atoms with Gasteiger partial charge in [-0.2, -0.15) is 5.10 Å². The molecule has 0 unspecified atom stereocenters. The third kappa shape index (κ3) is 2.84. The molecule has 1 atom stereocenters. The number of nitrogens with zero attached hydrogens (tertiary/aromatic N) is 2. The summed E-state index contributed by atoms with van der Waals surface area (Å²) >= 11 is 0. The van der Waals surface area contributed by atoms with Crippen LogP contribution in [0.5, 0.6) is 0 Å². The summed E-state index contributed by atoms with van der Waals surface area (Å²) in [5.74, 6) is 2.33. The lowest BCUT2D eigenvalue weighted by atomic mass is 10.1. The number of aromatic amines is 1. The average Bonchev–Trinajstić information content (AvgIpc) is 3.11. The molecule has 0 saturated heterocycles. The van der Waals surface area contributed by atoms with Crippen molar-refractivity contribution in [3.63, 3.8) is 0 Å². The zero-order valence-corrected chi connectivity index (χ0v) is 11.0. The summed E-state index contributed by atoms with van der Waals surface area (Å²) < 4.78 is 0. The molecule has 1 aromatic carbocycles. The normalized spacial score (nSPS) is 17.7. The van der Waals surface area contributed by atoms with Gasteiger partial charge in [0.05, 0.1) is 6.04 Å². The van der Waals surface area contributed by atoms with Gasteiger partial charge in [0.25, 0.3) is 0 Å². The third-order valence-corrected chi connectivity index (χ3v) is 3.89. The van der Waals surface area contributed by atoms with Gasteiger partial charge >= 0.3 is 0 Å². The van der Waals surface area contributed by atoms with Gasteiger partial charge in [0.15, 0.2) is 5.82 Å². The fourth-order valence-electron chi connectivity index (χ4n) is 2.79. The Morgan fingerprint density at radius 1 is 1.21 bits per heavy atom. The van der Waals surface area contributed by atoms with Gasteiger partial charge in [-0.25, -0.2) is 4.98 Å². The Kier molecular flexibility index (Phi) is 3.60. The Labute approximate surface area is 113 Å². The van der Waals surface area contributed by atoms with Crippen LogP contribution in [0.2, 0.25) is 0 Å². The molecule has 100 valence electrons. The highest BCUT2D eigenvalue weighted by Gasteiger charge is 2.22. The summed E-state index contributed by atoms with van der Waals surface area (Å²) in [6.45, 7) is 0. The summed E-state index contributed by atoms with van der Waals surface area (Å²) in [6, 6.07) is 10.1. The SMILES string of the molecule is N[C@H](Cc1ccccc1)c1n[nH]c(C2CCCC2)n1. The molecular weight excluding hydrogens is 236 g/mol. The topological polar surface area (TPSA) is 67.6 Å². The first-order chi connectivity index (χ1) is 9.33. The second-order valence-corrected chi connectivity index (χ2v) is 5.36. The minimum atomic E-state index is -0.131. The van der Waals surface area contributed by atoms with Crippen LogP contribution in [0.1, 0.15) is 54.9 Å². The van der Waals surface area contributed by atoms with Gasteiger partial charge in [-0.05, 0) is 24.8 Å². The Hall–Kier alpha value is -1.68. The highest BCUT2D eigenvalue weighted by molar-refractivity contribution is 5.17. The van der Waals surface area contributed by atoms with E-state index >= 15 is 0 Å². The average molecular weight is 256 g/mol. The van der Waals surface area contributed by atoms with E-state index in [2.05, 4.69) is 27.3 Å². The van der Waals surface area contributed by atoms with Gasteiger partial charge in [0, 0.05) is 5.92 Å². The van der Waals surface area contributed by atoms with Crippen molar-refractivity contribution in [1.29, 1.82) is 0 Å². The summed E-state index contributed by atoms with van der Waals surface area (Å²) in [6.07, 6.45) is 5.83. The summed E-state index contributed by atoms with van der Waals surface area (Å²) in [4.78, 5) is 4.60. The number of aromatic nitrogens is 3. The van der Waals surface area contributed by atoms with Gasteiger partial charge in [-0.3, -0.25) is 5.10 Å². The second kappa shape index (κ2) is 5.53. The zero-order valence-electron chi connectivity index (χ0n) is 11.0. The van der Waals surface area contributed by atoms with Crippen molar-refractivity contribution in [3.8, 4) is 0 Å². The van der Waals surface area contributed by atoms with Crippen LogP contribution in [0.15, 0.2) is 30.3 Å². The zero-order chi connectivity index (χ0) is 13.1. The number of H-pyrrole nitrogens is 1. The molecule has 1 heterocycles. The highest BCUT2D eigenvalue weighted by atomic mass is 15.2. The van der Waals surface area contributed by atoms with Crippen molar-refractivity contribution in [2.45, 2.75) is 44.1 Å². The lowest BCUT2D eigenvalue weighted by Crippen LogP contribution is -2.15. The Bertz CT molecular complexity index is 514. The molecule has 0 spiro atoms. The van der Waals surface area contributed by atoms with E-state index in [1.807, 2.05) is 18.2 Å². The Balaban J connectivity index is 1.68. The van der Waals surface area contributed by atoms with E-state index in [4.69, 9.17) is 5.73 Å². The van der Waals surface area contributed by atoms with Gasteiger partial charge in [-0.15, -0.1) is 0 Å². The largest absolute Gasteiger partial charge is 0.321 e. The summed E-state index contributed by atoms with van der Waals surface area (Å²) in [7, 11) is 0. The van der Waals surface area contributed by atoms with E-state index in [-0.39, 0.29) is 6.04 Å². The lowest BCUT2D eigenvalue weighted by Gasteiger charge is -2.07. The van der Waals surface area contributed by atoms with Crippen molar-refractivity contribution < 1.29 is 0 Å². The molecule has 1 fully saturated rings. The molecular formula is C15H20N4. The lowest BCUT2D eigenvalue weighted by molar-refractivity contribution is 0.658. The maximum absolute atomic E-state index is 6.19. The molecule has 3 rings (SSSR count). The van der Waals surface area contributed by atoms with Crippen LogP contribution in [-0.2, 0) is 6.42 Å². The molecule has 19 heavy (non-hydrogen) atoms. The monoisotopic (exact) mass is 256 g/mol. The molecule has 0 bridgehead atoms. The van der Waals surface area contributed by atoms with E-state index < -0.39 is 0 Å². The predicted octanol–water partition coefficient (Wildman–Crippen LogP) is 2.70. The molecule has 1 saturated carbocycles. The van der Waals surface area contributed by atoms with Crippen LogP contribution in [0.4, 0.5) is 0 Å². The second-order valence-electron chi connectivity index (χ2n) is 5.36. The minimum absolute atomic E-state index is 0.131. The number of hydrogen-bond acceptors (Lipinski definition) is 3. The summed E-state index contributed by atoms with van der Waals surface area (Å²) in [5.41, 5.74) is 7.42. The van der Waals surface area contributed by atoms with Crippen LogP contribution < -0.4 is 5.73 Å². The van der Waals surface area contributed by atoms with Crippen LogP contribution in [0, 0.1) is 0 Å². The number of nitrogens with two attached hydrogens (primary N) is 1. The summed E-state index contributed by atoms with van der Waals surface area (Å²) in [5, 5.41) is 7.37. The predicted molar refractivity (Wildman–Crippen MR) is 74.7 cm³/mol. The van der Waals surface area contributed by atoms with Crippen molar-refractivity contribution >= 4 is 0 Å². The molecule has 0 aliphatic heterocycles. The first-order valence-corrected chi connectivity index (χ1v) is 7.04. The van der Waals surface area contributed by atoms with Crippen molar-refractivity contribution in [3.05, 3.63) is 47.5 Å². The van der Waals surface area contributed by atoms with E-state index in [9.17, 15) is 0 Å². The quantitative estimate of drug-likeness (QED) is 0.883. The molecule has 1 aliphatic rings. The van der Waals surface area contributed by atoms with Crippen LogP contribution in [0.25, 0.3) is 0 Å². The molecule has 0 radical (unpaired) electrons. The van der Waals surface area contributed by atoms with E-state index in [0.29, 0.717) is 5.92 Å². The van der Waals surface area contributed by atoms with E-state index in [1.165, 1.54) is 31.2 Å². The molecule has 4 heteroatoms. The van der Waals surface area contributed by atoms with Crippen LogP contribution >= 0.6 is 0 Å². The number of benzene rings is 1. The Morgan fingerprint density at radius 3 is 2.68 bits per heavy atom. The first kappa shape index (κ1) is 12.4. The van der Waals surface area contributed by atoms with Crippen LogP contribution in [-0.4, -0.2) is 15.2 Å². The van der Waals surface area contributed by atoms with E-state index in [1.54, 1.807) is 0 Å². The highest BCUT2D eigenvalue weighted by Crippen LogP contribution is 2.32. The van der Waals surface area contributed by atoms with Crippen molar-refractivity contribution in [1.82, 2.24) is 15.2 Å². The molecule has 4 nitrogen and oxygen atoms in total. The van der Waals surface area contributed by atoms with Crippen molar-refractivity contribution in [2.24, 2.45) is 5.73 Å². The first-order valence-electron chi connectivity index (χ1n) is 7.04. The molecule has 1 aromatic heterocycles. The standard InChI is InChI=1S/C15H20N4/c16-13(10-11-6-2-1-3-7-11)15-17-14(18-19-15)12-8-4-5-9-12/h1-3,6-7,12-13H,4-5,8-10,16H2,(H,17,18,19)/t13-/m1/s1. The Morgan fingerprint density at radius 2 is 1.95 bits per heavy atom. The maximum atomic E-state index is 6.19. The number of hydrogen-bond donors (Lipinski definition) is 2. The van der Waals surface area contributed by atoms with Gasteiger partial charge in [-0.1, -0.05) is 43.2 Å². The molecule has 2 aromatic rings. The van der Waals surface area contributed by atoms with Gasteiger partial charge < -0.3 is 5.73 Å². The number of nitrogens with one attached hydrogen (secondary N) is 1. The van der Waals surface area contributed by atoms with Gasteiger partial charge in [0.2, 0.25) is 0 Å². The molecule has 3 N–H and O–H groups in total. The fourth-order valence-corrected chi connectivity index (χ4v) is 2.79. The molecule has 1 aliphatic carbocycles. The fraction of sp³-hybridized carbons (Fsp3) is 0.467.